The number of hydrogen-bond donors (Lipinski definition) is 0. The van der Waals surface area contributed by atoms with Crippen molar-refractivity contribution in [2.24, 2.45) is 4.99 Å². The van der Waals surface area contributed by atoms with Crippen LogP contribution < -0.4 is 3.98 Å². The standard InChI is InChI=1S/C21H21NS2/c1-4-10-16(11-5-1)19-20(17-12-6-2-7-13-17)24-21(23-19)22-18-14-8-3-9-15-18/h1-2,4-7,10-13,18H,3,8-9,14-15H2. The maximum Gasteiger partial charge on any atom is 0.167 e. The molecule has 1 aliphatic rings. The topological polar surface area (TPSA) is 12.4 Å². The highest BCUT2D eigenvalue weighted by atomic mass is 32.2. The summed E-state index contributed by atoms with van der Waals surface area (Å²) >= 11 is 3.71. The Morgan fingerprint density at radius 3 is 1.67 bits per heavy atom. The number of rotatable bonds is 3. The predicted molar refractivity (Wildman–Crippen MR) is 106 cm³/mol. The van der Waals surface area contributed by atoms with Gasteiger partial charge < -0.3 is 0 Å². The Morgan fingerprint density at radius 2 is 1.17 bits per heavy atom. The van der Waals surface area contributed by atoms with E-state index in [0.717, 1.165) is 0 Å². The minimum Gasteiger partial charge on any atom is -0.262 e. The smallest absolute Gasteiger partial charge is 0.167 e. The van der Waals surface area contributed by atoms with Crippen molar-refractivity contribution in [3.63, 3.8) is 0 Å². The van der Waals surface area contributed by atoms with Crippen LogP contribution >= 0.6 is 22.7 Å². The molecule has 2 aromatic carbocycles. The van der Waals surface area contributed by atoms with Gasteiger partial charge >= 0.3 is 0 Å². The lowest BCUT2D eigenvalue weighted by Crippen LogP contribution is -2.12. The van der Waals surface area contributed by atoms with Crippen molar-refractivity contribution in [2.45, 2.75) is 38.1 Å². The second-order valence-electron chi connectivity index (χ2n) is 6.28. The van der Waals surface area contributed by atoms with E-state index in [1.54, 1.807) is 0 Å². The van der Waals surface area contributed by atoms with Crippen LogP contribution in [-0.4, -0.2) is 6.04 Å². The van der Waals surface area contributed by atoms with Crippen molar-refractivity contribution in [2.75, 3.05) is 0 Å². The number of nitrogens with zero attached hydrogens (tertiary/aromatic N) is 1. The van der Waals surface area contributed by atoms with E-state index in [2.05, 4.69) is 60.7 Å². The van der Waals surface area contributed by atoms with Gasteiger partial charge in [0.15, 0.2) is 3.98 Å². The van der Waals surface area contributed by atoms with Gasteiger partial charge in [0.05, 0.1) is 15.8 Å². The molecular formula is C21H21NS2. The molecular weight excluding hydrogens is 330 g/mol. The average molecular weight is 352 g/mol. The Hall–Kier alpha value is -1.71. The molecule has 0 N–H and O–H groups in total. The molecule has 0 radical (unpaired) electrons. The van der Waals surface area contributed by atoms with E-state index >= 15 is 0 Å². The first-order chi connectivity index (χ1) is 11.9. The van der Waals surface area contributed by atoms with E-state index in [9.17, 15) is 0 Å². The molecule has 1 aromatic heterocycles. The first kappa shape index (κ1) is 15.8. The summed E-state index contributed by atoms with van der Waals surface area (Å²) in [6.45, 7) is 0. The zero-order valence-corrected chi connectivity index (χ0v) is 15.3. The Labute approximate surface area is 151 Å². The fraction of sp³-hybridized carbons (Fsp3) is 0.286. The van der Waals surface area contributed by atoms with Crippen molar-refractivity contribution in [1.29, 1.82) is 0 Å². The van der Waals surface area contributed by atoms with Gasteiger partial charge in [-0.25, -0.2) is 0 Å². The van der Waals surface area contributed by atoms with Gasteiger partial charge in [-0.15, -0.1) is 22.7 Å². The van der Waals surface area contributed by atoms with Crippen molar-refractivity contribution in [3.05, 3.63) is 64.6 Å². The molecule has 24 heavy (non-hydrogen) atoms. The molecule has 1 fully saturated rings. The zero-order valence-electron chi connectivity index (χ0n) is 13.7. The second-order valence-corrected chi connectivity index (χ2v) is 8.54. The molecule has 3 heteroatoms. The van der Waals surface area contributed by atoms with Gasteiger partial charge in [-0.2, -0.15) is 0 Å². The summed E-state index contributed by atoms with van der Waals surface area (Å²) in [4.78, 5) is 7.78. The maximum absolute atomic E-state index is 5.09. The van der Waals surface area contributed by atoms with E-state index < -0.39 is 0 Å². The minimum atomic E-state index is 0.529. The first-order valence-corrected chi connectivity index (χ1v) is 10.3. The molecule has 0 bridgehead atoms. The molecule has 0 aliphatic heterocycles. The lowest BCUT2D eigenvalue weighted by molar-refractivity contribution is 0.439. The van der Waals surface area contributed by atoms with Crippen LogP contribution in [0.1, 0.15) is 32.1 Å². The van der Waals surface area contributed by atoms with Gasteiger partial charge in [0, 0.05) is 0 Å². The molecule has 0 saturated heterocycles. The summed E-state index contributed by atoms with van der Waals surface area (Å²) in [5.74, 6) is 0. The van der Waals surface area contributed by atoms with Crippen molar-refractivity contribution >= 4 is 22.7 Å². The molecule has 3 aromatic rings. The molecule has 4 rings (SSSR count). The molecule has 0 spiro atoms. The molecule has 1 nitrogen and oxygen atoms in total. The van der Waals surface area contributed by atoms with E-state index in [1.165, 1.54) is 57.0 Å². The van der Waals surface area contributed by atoms with E-state index in [1.807, 2.05) is 22.7 Å². The molecule has 1 heterocycles. The predicted octanol–water partition coefficient (Wildman–Crippen LogP) is 6.38. The normalized spacial score (nSPS) is 15.3. The van der Waals surface area contributed by atoms with E-state index in [4.69, 9.17) is 4.99 Å². The summed E-state index contributed by atoms with van der Waals surface area (Å²) in [6.07, 6.45) is 6.56. The largest absolute Gasteiger partial charge is 0.262 e. The Balaban J connectivity index is 1.80. The van der Waals surface area contributed by atoms with Crippen LogP contribution in [0, 0.1) is 0 Å². The minimum absolute atomic E-state index is 0.529. The molecule has 0 atom stereocenters. The summed E-state index contributed by atoms with van der Waals surface area (Å²) in [7, 11) is 0. The van der Waals surface area contributed by atoms with Crippen LogP contribution in [0.25, 0.3) is 20.9 Å². The summed E-state index contributed by atoms with van der Waals surface area (Å²) in [6, 6.07) is 22.0. The average Bonchev–Trinajstić information content (AvgIpc) is 3.08. The lowest BCUT2D eigenvalue weighted by atomic mass is 9.96. The number of benzene rings is 2. The Kier molecular flexibility index (Phi) is 4.91. The van der Waals surface area contributed by atoms with Crippen LogP contribution in [0.2, 0.25) is 0 Å². The number of hydrogen-bond acceptors (Lipinski definition) is 3. The molecule has 122 valence electrons. The van der Waals surface area contributed by atoms with Crippen molar-refractivity contribution in [3.8, 4) is 20.9 Å². The van der Waals surface area contributed by atoms with Gasteiger partial charge in [-0.1, -0.05) is 79.9 Å². The Bertz CT molecular complexity index is 780. The van der Waals surface area contributed by atoms with Gasteiger partial charge in [-0.05, 0) is 24.0 Å². The van der Waals surface area contributed by atoms with E-state index in [-0.39, 0.29) is 0 Å². The molecule has 1 saturated carbocycles. The second kappa shape index (κ2) is 7.45. The molecule has 0 unspecified atom stereocenters. The lowest BCUT2D eigenvalue weighted by Gasteiger charge is -2.16. The summed E-state index contributed by atoms with van der Waals surface area (Å²) in [5.41, 5.74) is 2.59. The molecule has 0 amide bonds. The SMILES string of the molecule is c1ccc(-c2sc(=NC3CCCCC3)sc2-c2ccccc2)cc1. The maximum atomic E-state index is 5.09. The zero-order chi connectivity index (χ0) is 16.2. The van der Waals surface area contributed by atoms with Crippen LogP contribution in [0.3, 0.4) is 0 Å². The van der Waals surface area contributed by atoms with Gasteiger partial charge in [0.1, 0.15) is 0 Å². The van der Waals surface area contributed by atoms with E-state index in [0.29, 0.717) is 6.04 Å². The van der Waals surface area contributed by atoms with Crippen LogP contribution in [-0.2, 0) is 0 Å². The van der Waals surface area contributed by atoms with Crippen molar-refractivity contribution < 1.29 is 0 Å². The van der Waals surface area contributed by atoms with Crippen LogP contribution in [0.5, 0.6) is 0 Å². The highest BCUT2D eigenvalue weighted by molar-refractivity contribution is 7.32. The van der Waals surface area contributed by atoms with Gasteiger partial charge in [-0.3, -0.25) is 4.99 Å². The van der Waals surface area contributed by atoms with Gasteiger partial charge in [0.2, 0.25) is 0 Å². The van der Waals surface area contributed by atoms with Crippen molar-refractivity contribution in [1.82, 2.24) is 0 Å². The quantitative estimate of drug-likeness (QED) is 0.519. The first-order valence-electron chi connectivity index (χ1n) is 8.69. The summed E-state index contributed by atoms with van der Waals surface area (Å²) in [5, 5.41) is 0. The Morgan fingerprint density at radius 1 is 0.667 bits per heavy atom. The highest BCUT2D eigenvalue weighted by Gasteiger charge is 2.15. The fourth-order valence-electron chi connectivity index (χ4n) is 3.26. The van der Waals surface area contributed by atoms with Gasteiger partial charge in [0.25, 0.3) is 0 Å². The fourth-order valence-corrected chi connectivity index (χ4v) is 5.86. The third-order valence-electron chi connectivity index (χ3n) is 4.52. The third-order valence-corrected chi connectivity index (χ3v) is 7.00. The highest BCUT2D eigenvalue weighted by Crippen LogP contribution is 2.37. The van der Waals surface area contributed by atoms with Crippen LogP contribution in [0.4, 0.5) is 0 Å². The van der Waals surface area contributed by atoms with Crippen LogP contribution in [0.15, 0.2) is 65.7 Å². The summed E-state index contributed by atoms with van der Waals surface area (Å²) < 4.78 is 1.22. The molecule has 1 aliphatic carbocycles. The monoisotopic (exact) mass is 351 g/mol. The third kappa shape index (κ3) is 3.52.